The van der Waals surface area contributed by atoms with Crippen molar-refractivity contribution in [3.8, 4) is 0 Å². The molecule has 1 aliphatic heterocycles. The first-order valence-corrected chi connectivity index (χ1v) is 8.87. The molecule has 2 saturated carbocycles. The molecule has 1 saturated heterocycles. The van der Waals surface area contributed by atoms with E-state index in [0.717, 1.165) is 17.9 Å². The molecule has 3 fully saturated rings. The van der Waals surface area contributed by atoms with Gasteiger partial charge in [-0.05, 0) is 63.5 Å². The van der Waals surface area contributed by atoms with Gasteiger partial charge in [0.1, 0.15) is 0 Å². The summed E-state index contributed by atoms with van der Waals surface area (Å²) in [5.41, 5.74) is 0. The van der Waals surface area contributed by atoms with Crippen LogP contribution in [0.15, 0.2) is 0 Å². The second-order valence-corrected chi connectivity index (χ2v) is 7.17. The zero-order valence-corrected chi connectivity index (χ0v) is 12.6. The molecule has 2 heteroatoms. The van der Waals surface area contributed by atoms with Crippen LogP contribution >= 0.6 is 0 Å². The van der Waals surface area contributed by atoms with Gasteiger partial charge in [0, 0.05) is 19.1 Å². The smallest absolute Gasteiger partial charge is 0.0107 e. The Morgan fingerprint density at radius 2 is 1.58 bits per heavy atom. The maximum absolute atomic E-state index is 3.86. The Morgan fingerprint density at radius 1 is 0.789 bits per heavy atom. The zero-order chi connectivity index (χ0) is 12.9. The normalized spacial score (nSPS) is 34.1. The van der Waals surface area contributed by atoms with Crippen LogP contribution in [-0.2, 0) is 0 Å². The van der Waals surface area contributed by atoms with E-state index >= 15 is 0 Å². The fourth-order valence-electron chi connectivity index (χ4n) is 4.20. The minimum absolute atomic E-state index is 0.839. The van der Waals surface area contributed by atoms with Gasteiger partial charge in [-0.1, -0.05) is 25.7 Å². The number of nitrogens with one attached hydrogen (secondary N) is 1. The molecular weight excluding hydrogens is 232 g/mol. The van der Waals surface area contributed by atoms with Crippen molar-refractivity contribution in [3.63, 3.8) is 0 Å². The fourth-order valence-corrected chi connectivity index (χ4v) is 4.20. The lowest BCUT2D eigenvalue weighted by Crippen LogP contribution is -2.40. The number of hydrogen-bond acceptors (Lipinski definition) is 2. The molecular formula is C17H32N2. The van der Waals surface area contributed by atoms with Gasteiger partial charge in [0.15, 0.2) is 0 Å². The van der Waals surface area contributed by atoms with E-state index in [1.807, 2.05) is 0 Å². The van der Waals surface area contributed by atoms with Crippen molar-refractivity contribution < 1.29 is 0 Å². The predicted octanol–water partition coefficient (Wildman–Crippen LogP) is 3.42. The second-order valence-electron chi connectivity index (χ2n) is 7.17. The van der Waals surface area contributed by atoms with Crippen molar-refractivity contribution >= 4 is 0 Å². The first-order valence-electron chi connectivity index (χ1n) is 8.87. The van der Waals surface area contributed by atoms with E-state index in [4.69, 9.17) is 0 Å². The van der Waals surface area contributed by atoms with Crippen LogP contribution < -0.4 is 5.32 Å². The summed E-state index contributed by atoms with van der Waals surface area (Å²) in [4.78, 5) is 2.68. The van der Waals surface area contributed by atoms with Crippen LogP contribution in [0.4, 0.5) is 0 Å². The largest absolute Gasteiger partial charge is 0.313 e. The van der Waals surface area contributed by atoms with E-state index in [9.17, 15) is 0 Å². The lowest BCUT2D eigenvalue weighted by Gasteiger charge is -2.31. The average Bonchev–Trinajstić information content (AvgIpc) is 3.27. The third-order valence-electron chi connectivity index (χ3n) is 5.56. The first kappa shape index (κ1) is 13.9. The van der Waals surface area contributed by atoms with Crippen LogP contribution in [0, 0.1) is 11.8 Å². The van der Waals surface area contributed by atoms with E-state index in [1.165, 1.54) is 90.4 Å². The van der Waals surface area contributed by atoms with Gasteiger partial charge in [0.05, 0.1) is 0 Å². The molecule has 1 heterocycles. The molecule has 2 aliphatic carbocycles. The summed E-state index contributed by atoms with van der Waals surface area (Å²) in [6.45, 7) is 5.20. The maximum atomic E-state index is 3.86. The van der Waals surface area contributed by atoms with E-state index in [0.29, 0.717) is 0 Å². The topological polar surface area (TPSA) is 15.3 Å². The summed E-state index contributed by atoms with van der Waals surface area (Å²) in [6.07, 6.45) is 14.7. The Labute approximate surface area is 119 Å². The predicted molar refractivity (Wildman–Crippen MR) is 81.4 cm³/mol. The van der Waals surface area contributed by atoms with E-state index in [-0.39, 0.29) is 0 Å². The molecule has 2 atom stereocenters. The van der Waals surface area contributed by atoms with Crippen LogP contribution in [0.2, 0.25) is 0 Å². The van der Waals surface area contributed by atoms with E-state index in [1.54, 1.807) is 0 Å². The summed E-state index contributed by atoms with van der Waals surface area (Å²) < 4.78 is 0. The van der Waals surface area contributed by atoms with Crippen molar-refractivity contribution in [2.75, 3.05) is 26.2 Å². The molecule has 0 spiro atoms. The summed E-state index contributed by atoms with van der Waals surface area (Å²) >= 11 is 0. The van der Waals surface area contributed by atoms with Gasteiger partial charge in [-0.2, -0.15) is 0 Å². The Bertz CT molecular complexity index is 254. The SMILES string of the molecule is C1CCCN(CCNC2CCCC(C3CC3)C2)CC1. The monoisotopic (exact) mass is 264 g/mol. The molecule has 110 valence electrons. The van der Waals surface area contributed by atoms with Gasteiger partial charge in [-0.3, -0.25) is 0 Å². The summed E-state index contributed by atoms with van der Waals surface area (Å²) in [6, 6.07) is 0.839. The Kier molecular flexibility index (Phi) is 5.17. The average molecular weight is 264 g/mol. The summed E-state index contributed by atoms with van der Waals surface area (Å²) in [5.74, 6) is 2.19. The summed E-state index contributed by atoms with van der Waals surface area (Å²) in [5, 5.41) is 3.86. The lowest BCUT2D eigenvalue weighted by atomic mass is 9.83. The Hall–Kier alpha value is -0.0800. The van der Waals surface area contributed by atoms with Crippen LogP contribution in [-0.4, -0.2) is 37.1 Å². The highest BCUT2D eigenvalue weighted by molar-refractivity contribution is 4.87. The third kappa shape index (κ3) is 4.46. The van der Waals surface area contributed by atoms with Gasteiger partial charge < -0.3 is 10.2 Å². The second kappa shape index (κ2) is 7.08. The van der Waals surface area contributed by atoms with Crippen molar-refractivity contribution in [2.24, 2.45) is 11.8 Å². The standard InChI is InChI=1S/C17H32N2/c1-2-4-12-19(11-3-1)13-10-18-17-7-5-6-16(14-17)15-8-9-15/h15-18H,1-14H2. The minimum Gasteiger partial charge on any atom is -0.313 e. The molecule has 0 bridgehead atoms. The number of hydrogen-bond donors (Lipinski definition) is 1. The minimum atomic E-state index is 0.839. The van der Waals surface area contributed by atoms with E-state index in [2.05, 4.69) is 10.2 Å². The molecule has 0 aromatic carbocycles. The van der Waals surface area contributed by atoms with Crippen LogP contribution in [0.5, 0.6) is 0 Å². The van der Waals surface area contributed by atoms with Crippen LogP contribution in [0.3, 0.4) is 0 Å². The van der Waals surface area contributed by atoms with Gasteiger partial charge in [-0.15, -0.1) is 0 Å². The van der Waals surface area contributed by atoms with E-state index < -0.39 is 0 Å². The fraction of sp³-hybridized carbons (Fsp3) is 1.00. The molecule has 0 aromatic heterocycles. The molecule has 19 heavy (non-hydrogen) atoms. The molecule has 2 unspecified atom stereocenters. The van der Waals surface area contributed by atoms with Crippen molar-refractivity contribution in [1.82, 2.24) is 10.2 Å². The summed E-state index contributed by atoms with van der Waals surface area (Å²) in [7, 11) is 0. The molecule has 3 rings (SSSR count). The van der Waals surface area contributed by atoms with Gasteiger partial charge >= 0.3 is 0 Å². The maximum Gasteiger partial charge on any atom is 0.0107 e. The molecule has 1 N–H and O–H groups in total. The number of nitrogens with zero attached hydrogens (tertiary/aromatic N) is 1. The van der Waals surface area contributed by atoms with Crippen LogP contribution in [0.25, 0.3) is 0 Å². The quantitative estimate of drug-likeness (QED) is 0.818. The van der Waals surface area contributed by atoms with Crippen molar-refractivity contribution in [3.05, 3.63) is 0 Å². The highest BCUT2D eigenvalue weighted by atomic mass is 15.1. The lowest BCUT2D eigenvalue weighted by molar-refractivity contribution is 0.239. The van der Waals surface area contributed by atoms with Crippen molar-refractivity contribution in [1.29, 1.82) is 0 Å². The Balaban J connectivity index is 1.32. The van der Waals surface area contributed by atoms with Gasteiger partial charge in [-0.25, -0.2) is 0 Å². The molecule has 0 radical (unpaired) electrons. The Morgan fingerprint density at radius 3 is 2.32 bits per heavy atom. The highest BCUT2D eigenvalue weighted by Crippen LogP contribution is 2.43. The van der Waals surface area contributed by atoms with Gasteiger partial charge in [0.25, 0.3) is 0 Å². The zero-order valence-electron chi connectivity index (χ0n) is 12.6. The molecule has 0 amide bonds. The molecule has 0 aromatic rings. The highest BCUT2D eigenvalue weighted by Gasteiger charge is 2.34. The van der Waals surface area contributed by atoms with Crippen LogP contribution in [0.1, 0.15) is 64.2 Å². The molecule has 3 aliphatic rings. The number of likely N-dealkylation sites (tertiary alicyclic amines) is 1. The number of rotatable bonds is 5. The van der Waals surface area contributed by atoms with Gasteiger partial charge in [0.2, 0.25) is 0 Å². The first-order chi connectivity index (χ1) is 9.42. The van der Waals surface area contributed by atoms with Crippen molar-refractivity contribution in [2.45, 2.75) is 70.3 Å². The molecule has 2 nitrogen and oxygen atoms in total. The third-order valence-corrected chi connectivity index (χ3v) is 5.56.